The number of nitrogens with one attached hydrogen (secondary N) is 1. The maximum absolute atomic E-state index is 12.1. The second kappa shape index (κ2) is 4.69. The fourth-order valence-electron chi connectivity index (χ4n) is 2.72. The maximum atomic E-state index is 12.1. The van der Waals surface area contributed by atoms with Crippen LogP contribution in [-0.4, -0.2) is 18.6 Å². The quantitative estimate of drug-likeness (QED) is 0.922. The van der Waals surface area contributed by atoms with Crippen LogP contribution in [0.25, 0.3) is 0 Å². The lowest BCUT2D eigenvalue weighted by atomic mass is 9.89. The molecule has 1 aromatic carbocycles. The Morgan fingerprint density at radius 1 is 1.40 bits per heavy atom. The van der Waals surface area contributed by atoms with Crippen LogP contribution < -0.4 is 14.8 Å². The van der Waals surface area contributed by atoms with Crippen molar-refractivity contribution in [3.8, 4) is 11.5 Å². The Morgan fingerprint density at radius 3 is 2.80 bits per heavy atom. The SMILES string of the molecule is COc1ccc2c(c1)[C@@H](NC(=O)C1CC1)CC(C)(C)O2. The largest absolute Gasteiger partial charge is 0.497 e. The van der Waals surface area contributed by atoms with Crippen LogP contribution >= 0.6 is 0 Å². The smallest absolute Gasteiger partial charge is 0.223 e. The molecule has 1 fully saturated rings. The summed E-state index contributed by atoms with van der Waals surface area (Å²) in [5.41, 5.74) is 0.737. The van der Waals surface area contributed by atoms with Crippen molar-refractivity contribution in [3.63, 3.8) is 0 Å². The van der Waals surface area contributed by atoms with E-state index in [1.54, 1.807) is 7.11 Å². The fraction of sp³-hybridized carbons (Fsp3) is 0.562. The monoisotopic (exact) mass is 275 g/mol. The molecule has 1 heterocycles. The molecule has 2 aliphatic rings. The first-order valence-electron chi connectivity index (χ1n) is 7.16. The van der Waals surface area contributed by atoms with Gasteiger partial charge in [-0.25, -0.2) is 0 Å². The predicted molar refractivity (Wildman–Crippen MR) is 75.9 cm³/mol. The van der Waals surface area contributed by atoms with Gasteiger partial charge in [0.2, 0.25) is 5.91 Å². The number of fused-ring (bicyclic) bond motifs is 1. The highest BCUT2D eigenvalue weighted by Crippen LogP contribution is 2.41. The van der Waals surface area contributed by atoms with Crippen molar-refractivity contribution in [2.45, 2.75) is 44.8 Å². The minimum atomic E-state index is -0.275. The van der Waals surface area contributed by atoms with Gasteiger partial charge in [0.05, 0.1) is 13.2 Å². The average molecular weight is 275 g/mol. The Bertz CT molecular complexity index is 535. The summed E-state index contributed by atoms with van der Waals surface area (Å²) in [4.78, 5) is 12.1. The molecule has 3 rings (SSSR count). The van der Waals surface area contributed by atoms with E-state index in [0.717, 1.165) is 36.3 Å². The lowest BCUT2D eigenvalue weighted by Gasteiger charge is -2.38. The Balaban J connectivity index is 1.90. The van der Waals surface area contributed by atoms with Gasteiger partial charge in [-0.2, -0.15) is 0 Å². The van der Waals surface area contributed by atoms with Crippen molar-refractivity contribution in [3.05, 3.63) is 23.8 Å². The zero-order valence-electron chi connectivity index (χ0n) is 12.2. The van der Waals surface area contributed by atoms with Gasteiger partial charge in [-0.3, -0.25) is 4.79 Å². The van der Waals surface area contributed by atoms with E-state index in [1.165, 1.54) is 0 Å². The molecule has 0 aromatic heterocycles. The zero-order valence-corrected chi connectivity index (χ0v) is 12.2. The van der Waals surface area contributed by atoms with Crippen LogP contribution in [0, 0.1) is 5.92 Å². The first kappa shape index (κ1) is 13.3. The molecular formula is C16H21NO3. The van der Waals surface area contributed by atoms with Crippen molar-refractivity contribution in [2.24, 2.45) is 5.92 Å². The van der Waals surface area contributed by atoms with Crippen LogP contribution in [0.2, 0.25) is 0 Å². The second-order valence-corrected chi connectivity index (χ2v) is 6.31. The van der Waals surface area contributed by atoms with Crippen molar-refractivity contribution in [1.29, 1.82) is 0 Å². The number of carbonyl (C=O) groups excluding carboxylic acids is 1. The summed E-state index contributed by atoms with van der Waals surface area (Å²) in [6.45, 7) is 4.10. The summed E-state index contributed by atoms with van der Waals surface area (Å²) in [5.74, 6) is 2.01. The van der Waals surface area contributed by atoms with Gasteiger partial charge in [0.1, 0.15) is 17.1 Å². The van der Waals surface area contributed by atoms with Gasteiger partial charge >= 0.3 is 0 Å². The first-order valence-corrected chi connectivity index (χ1v) is 7.16. The number of carbonyl (C=O) groups is 1. The van der Waals surface area contributed by atoms with E-state index >= 15 is 0 Å². The summed E-state index contributed by atoms with van der Waals surface area (Å²) >= 11 is 0. The van der Waals surface area contributed by atoms with E-state index in [2.05, 4.69) is 19.2 Å². The lowest BCUT2D eigenvalue weighted by molar-refractivity contribution is -0.123. The molecule has 0 saturated heterocycles. The molecule has 1 amide bonds. The van der Waals surface area contributed by atoms with E-state index in [-0.39, 0.29) is 23.5 Å². The maximum Gasteiger partial charge on any atom is 0.223 e. The summed E-state index contributed by atoms with van der Waals surface area (Å²) in [5, 5.41) is 3.17. The van der Waals surface area contributed by atoms with Gasteiger partial charge in [-0.1, -0.05) is 0 Å². The first-order chi connectivity index (χ1) is 9.48. The number of benzene rings is 1. The summed E-state index contributed by atoms with van der Waals surface area (Å²) in [6, 6.07) is 5.77. The molecular weight excluding hydrogens is 254 g/mol. The molecule has 1 aromatic rings. The summed E-state index contributed by atoms with van der Waals surface area (Å²) in [7, 11) is 1.65. The van der Waals surface area contributed by atoms with Crippen LogP contribution in [0.15, 0.2) is 18.2 Å². The van der Waals surface area contributed by atoms with E-state index in [1.807, 2.05) is 18.2 Å². The van der Waals surface area contributed by atoms with Gasteiger partial charge in [0, 0.05) is 17.9 Å². The van der Waals surface area contributed by atoms with Gasteiger partial charge in [0.25, 0.3) is 0 Å². The van der Waals surface area contributed by atoms with E-state index in [9.17, 15) is 4.79 Å². The number of hydrogen-bond acceptors (Lipinski definition) is 3. The zero-order chi connectivity index (χ0) is 14.3. The van der Waals surface area contributed by atoms with Gasteiger partial charge < -0.3 is 14.8 Å². The molecule has 20 heavy (non-hydrogen) atoms. The standard InChI is InChI=1S/C16H21NO3/c1-16(2)9-13(17-15(18)10-4-5-10)12-8-11(19-3)6-7-14(12)20-16/h6-8,10,13H,4-5,9H2,1-3H3,(H,17,18)/t13-/m0/s1. The third-order valence-electron chi connectivity index (χ3n) is 3.94. The van der Waals surface area contributed by atoms with Crippen molar-refractivity contribution in [1.82, 2.24) is 5.32 Å². The van der Waals surface area contributed by atoms with Crippen molar-refractivity contribution < 1.29 is 14.3 Å². The topological polar surface area (TPSA) is 47.6 Å². The molecule has 108 valence electrons. The molecule has 1 atom stereocenters. The van der Waals surface area contributed by atoms with Crippen LogP contribution in [-0.2, 0) is 4.79 Å². The van der Waals surface area contributed by atoms with Gasteiger partial charge in [0.15, 0.2) is 0 Å². The Kier molecular flexibility index (Phi) is 3.11. The second-order valence-electron chi connectivity index (χ2n) is 6.31. The van der Waals surface area contributed by atoms with Crippen molar-refractivity contribution in [2.75, 3.05) is 7.11 Å². The highest BCUT2D eigenvalue weighted by Gasteiger charge is 2.37. The van der Waals surface area contributed by atoms with Crippen LogP contribution in [0.4, 0.5) is 0 Å². The van der Waals surface area contributed by atoms with Crippen LogP contribution in [0.3, 0.4) is 0 Å². The molecule has 0 spiro atoms. The number of rotatable bonds is 3. The van der Waals surface area contributed by atoms with E-state index in [0.29, 0.717) is 0 Å². The molecule has 0 unspecified atom stereocenters. The van der Waals surface area contributed by atoms with Crippen LogP contribution in [0.5, 0.6) is 11.5 Å². The average Bonchev–Trinajstić information content (AvgIpc) is 3.21. The molecule has 1 aliphatic heterocycles. The molecule has 1 saturated carbocycles. The Morgan fingerprint density at radius 2 is 2.15 bits per heavy atom. The molecule has 1 aliphatic carbocycles. The molecule has 0 radical (unpaired) electrons. The Labute approximate surface area is 119 Å². The lowest BCUT2D eigenvalue weighted by Crippen LogP contribution is -2.41. The minimum Gasteiger partial charge on any atom is -0.497 e. The van der Waals surface area contributed by atoms with Crippen molar-refractivity contribution >= 4 is 5.91 Å². The van der Waals surface area contributed by atoms with Gasteiger partial charge in [-0.15, -0.1) is 0 Å². The number of methoxy groups -OCH3 is 1. The molecule has 0 bridgehead atoms. The minimum absolute atomic E-state index is 0.00282. The summed E-state index contributed by atoms with van der Waals surface area (Å²) < 4.78 is 11.3. The van der Waals surface area contributed by atoms with Crippen LogP contribution in [0.1, 0.15) is 44.7 Å². The fourth-order valence-corrected chi connectivity index (χ4v) is 2.72. The third-order valence-corrected chi connectivity index (χ3v) is 3.94. The third kappa shape index (κ3) is 2.60. The van der Waals surface area contributed by atoms with E-state index < -0.39 is 0 Å². The number of hydrogen-bond donors (Lipinski definition) is 1. The Hall–Kier alpha value is -1.71. The summed E-state index contributed by atoms with van der Waals surface area (Å²) in [6.07, 6.45) is 2.80. The highest BCUT2D eigenvalue weighted by atomic mass is 16.5. The number of ether oxygens (including phenoxy) is 2. The predicted octanol–water partition coefficient (Wildman–Crippen LogP) is 2.82. The highest BCUT2D eigenvalue weighted by molar-refractivity contribution is 5.81. The molecule has 4 heteroatoms. The molecule has 4 nitrogen and oxygen atoms in total. The normalized spacial score (nSPS) is 23.4. The van der Waals surface area contributed by atoms with Gasteiger partial charge in [-0.05, 0) is 44.9 Å². The number of amides is 1. The molecule has 1 N–H and O–H groups in total. The van der Waals surface area contributed by atoms with E-state index in [4.69, 9.17) is 9.47 Å².